The molecule has 0 amide bonds. The van der Waals surface area contributed by atoms with Gasteiger partial charge in [-0.1, -0.05) is 133 Å². The number of benzene rings is 8. The summed E-state index contributed by atoms with van der Waals surface area (Å²) in [5.74, 6) is 1.83. The van der Waals surface area contributed by atoms with Crippen molar-refractivity contribution < 1.29 is 4.74 Å². The normalized spacial score (nSPS) is 12.1. The van der Waals surface area contributed by atoms with Gasteiger partial charge in [-0.25, -0.2) is 0 Å². The van der Waals surface area contributed by atoms with Crippen LogP contribution in [-0.2, 0) is 0 Å². The van der Waals surface area contributed by atoms with Gasteiger partial charge in [0.15, 0.2) is 0 Å². The first-order valence-electron chi connectivity index (χ1n) is 15.8. The van der Waals surface area contributed by atoms with Crippen LogP contribution in [0, 0.1) is 0 Å². The van der Waals surface area contributed by atoms with Gasteiger partial charge in [-0.3, -0.25) is 0 Å². The molecular formula is C44H27NO. The third-order valence-electron chi connectivity index (χ3n) is 9.59. The first kappa shape index (κ1) is 25.2. The Morgan fingerprint density at radius 3 is 2.00 bits per heavy atom. The average molecular weight is 586 g/mol. The second-order valence-electron chi connectivity index (χ2n) is 12.1. The minimum atomic E-state index is 0.902. The quantitative estimate of drug-likeness (QED) is 0.201. The summed E-state index contributed by atoms with van der Waals surface area (Å²) in [6.45, 7) is 0. The van der Waals surface area contributed by atoms with Crippen molar-refractivity contribution in [2.24, 2.45) is 0 Å². The van der Waals surface area contributed by atoms with Crippen LogP contribution in [-0.4, -0.2) is 4.57 Å². The van der Waals surface area contributed by atoms with Gasteiger partial charge >= 0.3 is 0 Å². The van der Waals surface area contributed by atoms with Gasteiger partial charge < -0.3 is 9.30 Å². The molecule has 1 aliphatic heterocycles. The number of rotatable bonds is 3. The van der Waals surface area contributed by atoms with E-state index in [0.29, 0.717) is 0 Å². The van der Waals surface area contributed by atoms with E-state index in [9.17, 15) is 0 Å². The Bertz CT molecular complexity index is 2660. The highest BCUT2D eigenvalue weighted by Gasteiger charge is 2.21. The van der Waals surface area contributed by atoms with Gasteiger partial charge in [0.25, 0.3) is 0 Å². The largest absolute Gasteiger partial charge is 0.456 e. The SMILES string of the molecule is c1ccc(-n2c3ccccc3c3ccc4ccccc4c32)c(-c2ccc(-c3ccc4c(c3)-c3cccc5cccc(c35)O4)cc2)c1. The van der Waals surface area contributed by atoms with E-state index >= 15 is 0 Å². The number of para-hydroxylation sites is 2. The summed E-state index contributed by atoms with van der Waals surface area (Å²) in [5, 5.41) is 7.43. The Balaban J connectivity index is 1.11. The van der Waals surface area contributed by atoms with Gasteiger partial charge in [-0.05, 0) is 63.4 Å². The molecule has 0 bridgehead atoms. The molecule has 1 aliphatic rings. The molecular weight excluding hydrogens is 558 g/mol. The second kappa shape index (κ2) is 9.69. The lowest BCUT2D eigenvalue weighted by atomic mass is 9.92. The Morgan fingerprint density at radius 1 is 0.391 bits per heavy atom. The number of aromatic nitrogens is 1. The zero-order chi connectivity index (χ0) is 30.2. The zero-order valence-corrected chi connectivity index (χ0v) is 24.9. The number of hydrogen-bond acceptors (Lipinski definition) is 1. The topological polar surface area (TPSA) is 14.2 Å². The minimum Gasteiger partial charge on any atom is -0.456 e. The number of fused-ring (bicyclic) bond motifs is 7. The van der Waals surface area contributed by atoms with Crippen LogP contribution in [0.5, 0.6) is 11.5 Å². The molecule has 2 nitrogen and oxygen atoms in total. The molecule has 2 heteroatoms. The summed E-state index contributed by atoms with van der Waals surface area (Å²) in [5.41, 5.74) is 10.7. The van der Waals surface area contributed by atoms with E-state index in [1.54, 1.807) is 0 Å². The molecule has 214 valence electrons. The fraction of sp³-hybridized carbons (Fsp3) is 0. The standard InChI is InChI=1S/C44H27NO/c1-2-13-34-29(9-1)23-25-37-35-14-4-6-17-40(35)45(44(34)37)39-16-5-3-12-33(39)30-21-19-28(20-22-30)32-24-26-41-38(27-32)36-15-7-10-31-11-8-18-42(46-41)43(31)36/h1-27H. The van der Waals surface area contributed by atoms with Crippen molar-refractivity contribution in [3.63, 3.8) is 0 Å². The summed E-state index contributed by atoms with van der Waals surface area (Å²) in [4.78, 5) is 0. The van der Waals surface area contributed by atoms with Crippen molar-refractivity contribution in [3.8, 4) is 50.6 Å². The molecule has 0 saturated heterocycles. The van der Waals surface area contributed by atoms with E-state index in [0.717, 1.165) is 17.1 Å². The van der Waals surface area contributed by atoms with E-state index in [-0.39, 0.29) is 0 Å². The van der Waals surface area contributed by atoms with Crippen molar-refractivity contribution >= 4 is 43.4 Å². The average Bonchev–Trinajstić information content (AvgIpc) is 3.47. The van der Waals surface area contributed by atoms with Gasteiger partial charge in [-0.2, -0.15) is 0 Å². The molecule has 9 aromatic rings. The van der Waals surface area contributed by atoms with Crippen LogP contribution in [0.25, 0.3) is 82.4 Å². The lowest BCUT2D eigenvalue weighted by Gasteiger charge is -2.22. The first-order chi connectivity index (χ1) is 22.8. The molecule has 0 aliphatic carbocycles. The van der Waals surface area contributed by atoms with Crippen molar-refractivity contribution in [1.82, 2.24) is 4.57 Å². The summed E-state index contributed by atoms with van der Waals surface area (Å²) >= 11 is 0. The maximum Gasteiger partial charge on any atom is 0.135 e. The van der Waals surface area contributed by atoms with Crippen molar-refractivity contribution in [1.29, 1.82) is 0 Å². The molecule has 46 heavy (non-hydrogen) atoms. The van der Waals surface area contributed by atoms with Gasteiger partial charge in [0.05, 0.1) is 16.7 Å². The van der Waals surface area contributed by atoms with Crippen LogP contribution in [0.1, 0.15) is 0 Å². The third kappa shape index (κ3) is 3.65. The molecule has 1 aromatic heterocycles. The van der Waals surface area contributed by atoms with Crippen molar-refractivity contribution in [3.05, 3.63) is 164 Å². The minimum absolute atomic E-state index is 0.902. The van der Waals surface area contributed by atoms with Crippen molar-refractivity contribution in [2.75, 3.05) is 0 Å². The van der Waals surface area contributed by atoms with Crippen molar-refractivity contribution in [2.45, 2.75) is 0 Å². The maximum absolute atomic E-state index is 6.35. The van der Waals surface area contributed by atoms with Gasteiger partial charge in [0, 0.05) is 32.7 Å². The van der Waals surface area contributed by atoms with Gasteiger partial charge in [0.2, 0.25) is 0 Å². The smallest absolute Gasteiger partial charge is 0.135 e. The molecule has 0 unspecified atom stereocenters. The molecule has 8 aromatic carbocycles. The fourth-order valence-electron chi connectivity index (χ4n) is 7.48. The number of nitrogens with zero attached hydrogens (tertiary/aromatic N) is 1. The molecule has 0 fully saturated rings. The first-order valence-corrected chi connectivity index (χ1v) is 15.8. The highest BCUT2D eigenvalue weighted by molar-refractivity contribution is 6.19. The number of ether oxygens (including phenoxy) is 1. The van der Waals surface area contributed by atoms with E-state index < -0.39 is 0 Å². The zero-order valence-electron chi connectivity index (χ0n) is 24.9. The molecule has 0 N–H and O–H groups in total. The van der Waals surface area contributed by atoms with Gasteiger partial charge in [0.1, 0.15) is 11.5 Å². The van der Waals surface area contributed by atoms with Crippen LogP contribution in [0.2, 0.25) is 0 Å². The van der Waals surface area contributed by atoms with E-state index in [1.807, 2.05) is 0 Å². The van der Waals surface area contributed by atoms with Crippen LogP contribution in [0.4, 0.5) is 0 Å². The Kier molecular flexibility index (Phi) is 5.31. The summed E-state index contributed by atoms with van der Waals surface area (Å²) in [7, 11) is 0. The highest BCUT2D eigenvalue weighted by atomic mass is 16.5. The lowest BCUT2D eigenvalue weighted by molar-refractivity contribution is 0.487. The van der Waals surface area contributed by atoms with Crippen LogP contribution >= 0.6 is 0 Å². The predicted molar refractivity (Wildman–Crippen MR) is 192 cm³/mol. The number of hydrogen-bond donors (Lipinski definition) is 0. The fourth-order valence-corrected chi connectivity index (χ4v) is 7.48. The van der Waals surface area contributed by atoms with Crippen LogP contribution < -0.4 is 4.74 Å². The molecule has 2 heterocycles. The maximum atomic E-state index is 6.35. The summed E-state index contributed by atoms with van der Waals surface area (Å²) < 4.78 is 8.81. The van der Waals surface area contributed by atoms with Crippen LogP contribution in [0.15, 0.2) is 164 Å². The highest BCUT2D eigenvalue weighted by Crippen LogP contribution is 2.47. The Hall–Kier alpha value is -6.12. The van der Waals surface area contributed by atoms with E-state index in [2.05, 4.69) is 168 Å². The summed E-state index contributed by atoms with van der Waals surface area (Å²) in [6.07, 6.45) is 0. The molecule has 0 radical (unpaired) electrons. The van der Waals surface area contributed by atoms with E-state index in [4.69, 9.17) is 4.74 Å². The predicted octanol–water partition coefficient (Wildman–Crippen LogP) is 12.2. The third-order valence-corrected chi connectivity index (χ3v) is 9.59. The monoisotopic (exact) mass is 585 g/mol. The Labute approximate surface area is 266 Å². The second-order valence-corrected chi connectivity index (χ2v) is 12.1. The molecule has 10 rings (SSSR count). The Morgan fingerprint density at radius 2 is 1.09 bits per heavy atom. The van der Waals surface area contributed by atoms with E-state index in [1.165, 1.54) is 76.9 Å². The molecule has 0 spiro atoms. The lowest BCUT2D eigenvalue weighted by Crippen LogP contribution is -1.98. The molecule has 0 atom stereocenters. The molecule has 0 saturated carbocycles. The summed E-state index contributed by atoms with van der Waals surface area (Å²) in [6, 6.07) is 59.0. The van der Waals surface area contributed by atoms with Gasteiger partial charge in [-0.15, -0.1) is 0 Å². The van der Waals surface area contributed by atoms with Crippen LogP contribution in [0.3, 0.4) is 0 Å².